The van der Waals surface area contributed by atoms with Crippen molar-refractivity contribution in [1.29, 1.82) is 0 Å². The van der Waals surface area contributed by atoms with E-state index in [1.165, 1.54) is 48.5 Å². The highest BCUT2D eigenvalue weighted by atomic mass is 32.2. The van der Waals surface area contributed by atoms with Crippen LogP contribution in [-0.2, 0) is 9.84 Å². The summed E-state index contributed by atoms with van der Waals surface area (Å²) in [6.07, 6.45) is 0. The van der Waals surface area contributed by atoms with Gasteiger partial charge in [-0.15, -0.1) is 0 Å². The Morgan fingerprint density at radius 2 is 0.955 bits per heavy atom. The maximum atomic E-state index is 12.3. The molecule has 0 aromatic heterocycles. The van der Waals surface area contributed by atoms with E-state index in [4.69, 9.17) is 10.2 Å². The van der Waals surface area contributed by atoms with Gasteiger partial charge < -0.3 is 10.2 Å². The van der Waals surface area contributed by atoms with Crippen LogP contribution in [0.25, 0.3) is 0 Å². The Morgan fingerprint density at radius 3 is 1.18 bits per heavy atom. The Morgan fingerprint density at radius 1 is 0.682 bits per heavy atom. The second kappa shape index (κ2) is 6.90. The number of hydrogen-bond donors (Lipinski definition) is 2. The van der Waals surface area contributed by atoms with E-state index in [1.54, 1.807) is 0 Å². The van der Waals surface area contributed by atoms with Crippen LogP contribution in [0.4, 0.5) is 0 Å². The molecular weight excluding hydrogens is 321 g/mol. The zero-order valence-corrected chi connectivity index (χ0v) is 11.4. The molecule has 0 aliphatic heterocycles. The van der Waals surface area contributed by atoms with Crippen LogP contribution in [0.15, 0.2) is 58.3 Å². The number of rotatable bonds is 4. The van der Waals surface area contributed by atoms with Gasteiger partial charge in [-0.3, -0.25) is 0 Å². The lowest BCUT2D eigenvalue weighted by Gasteiger charge is -2.05. The van der Waals surface area contributed by atoms with Gasteiger partial charge in [0.2, 0.25) is 9.84 Å². The molecule has 0 heterocycles. The number of carbonyl (C=O) groups is 2. The third-order valence-electron chi connectivity index (χ3n) is 2.82. The molecule has 2 aromatic carbocycles. The molecule has 0 fully saturated rings. The predicted molar refractivity (Wildman–Crippen MR) is 80.8 cm³/mol. The highest BCUT2D eigenvalue weighted by molar-refractivity contribution is 7.91. The van der Waals surface area contributed by atoms with E-state index in [0.29, 0.717) is 0 Å². The lowest BCUT2D eigenvalue weighted by molar-refractivity contribution is 0.0686. The number of aromatic carboxylic acids is 2. The average Bonchev–Trinajstić information content (AvgIpc) is 2.47. The standard InChI is InChI=1S/C14H10O6S.Mg.2H/c15-13(16)9-1-5-11(6-2-9)21(19,20)12-7-3-10(4-8-12)14(17)18;;;/h1-8H,(H,15,16)(H,17,18);;;. The lowest BCUT2D eigenvalue weighted by atomic mass is 10.2. The van der Waals surface area contributed by atoms with Crippen molar-refractivity contribution in [2.45, 2.75) is 9.79 Å². The van der Waals surface area contributed by atoms with Crippen LogP contribution < -0.4 is 0 Å². The topological polar surface area (TPSA) is 109 Å². The number of carboxylic acid groups (broad SMARTS) is 2. The summed E-state index contributed by atoms with van der Waals surface area (Å²) in [5.74, 6) is -2.30. The van der Waals surface area contributed by atoms with Crippen LogP contribution in [0.1, 0.15) is 20.7 Å². The fourth-order valence-corrected chi connectivity index (χ4v) is 2.95. The Bertz CT molecular complexity index is 731. The molecule has 2 rings (SSSR count). The molecule has 0 atom stereocenters. The molecule has 112 valence electrons. The van der Waals surface area contributed by atoms with Crippen molar-refractivity contribution in [3.8, 4) is 0 Å². The summed E-state index contributed by atoms with van der Waals surface area (Å²) >= 11 is 0. The second-order valence-corrected chi connectivity index (χ2v) is 6.11. The third-order valence-corrected chi connectivity index (χ3v) is 4.61. The van der Waals surface area contributed by atoms with Crippen molar-refractivity contribution in [3.63, 3.8) is 0 Å². The van der Waals surface area contributed by atoms with E-state index >= 15 is 0 Å². The number of carboxylic acids is 2. The number of benzene rings is 2. The minimum atomic E-state index is -3.81. The SMILES string of the molecule is O=C(O)c1ccc(S(=O)(=O)c2ccc(C(=O)O)cc2)cc1.[MgH2]. The van der Waals surface area contributed by atoms with Gasteiger partial charge in [0.25, 0.3) is 0 Å². The second-order valence-electron chi connectivity index (χ2n) is 4.16. The van der Waals surface area contributed by atoms with Gasteiger partial charge in [0.15, 0.2) is 0 Å². The van der Waals surface area contributed by atoms with Crippen LogP contribution in [-0.4, -0.2) is 53.6 Å². The average molecular weight is 333 g/mol. The Kier molecular flexibility index (Phi) is 5.69. The van der Waals surface area contributed by atoms with Crippen molar-refractivity contribution in [3.05, 3.63) is 59.7 Å². The smallest absolute Gasteiger partial charge is 0.335 e. The summed E-state index contributed by atoms with van der Waals surface area (Å²) < 4.78 is 24.6. The van der Waals surface area contributed by atoms with Gasteiger partial charge in [-0.25, -0.2) is 18.0 Å². The van der Waals surface area contributed by atoms with E-state index < -0.39 is 21.8 Å². The van der Waals surface area contributed by atoms with Crippen molar-refractivity contribution >= 4 is 44.8 Å². The minimum absolute atomic E-state index is 0. The summed E-state index contributed by atoms with van der Waals surface area (Å²) in [7, 11) is -3.81. The van der Waals surface area contributed by atoms with Gasteiger partial charge in [-0.2, -0.15) is 0 Å². The first kappa shape index (κ1) is 18.1. The monoisotopic (exact) mass is 332 g/mol. The molecule has 22 heavy (non-hydrogen) atoms. The summed E-state index contributed by atoms with van der Waals surface area (Å²) in [5.41, 5.74) is -0.0367. The van der Waals surface area contributed by atoms with Gasteiger partial charge >= 0.3 is 35.0 Å². The fraction of sp³-hybridized carbons (Fsp3) is 0. The maximum Gasteiger partial charge on any atom is 0.335 e. The molecule has 2 N–H and O–H groups in total. The summed E-state index contributed by atoms with van der Waals surface area (Å²) in [4.78, 5) is 21.3. The maximum absolute atomic E-state index is 12.3. The van der Waals surface area contributed by atoms with Gasteiger partial charge in [0.1, 0.15) is 0 Å². The zero-order chi connectivity index (χ0) is 15.6. The van der Waals surface area contributed by atoms with E-state index in [9.17, 15) is 18.0 Å². The van der Waals surface area contributed by atoms with Gasteiger partial charge in [-0.1, -0.05) is 0 Å². The van der Waals surface area contributed by atoms with Crippen LogP contribution in [0.3, 0.4) is 0 Å². The minimum Gasteiger partial charge on any atom is -0.478 e. The molecule has 0 bridgehead atoms. The normalized spacial score (nSPS) is 10.5. The molecular formula is C14H12MgO6S. The van der Waals surface area contributed by atoms with Crippen LogP contribution in [0.2, 0.25) is 0 Å². The van der Waals surface area contributed by atoms with E-state index in [1.807, 2.05) is 0 Å². The lowest BCUT2D eigenvalue weighted by Crippen LogP contribution is -2.04. The van der Waals surface area contributed by atoms with Crippen molar-refractivity contribution in [1.82, 2.24) is 0 Å². The Balaban J connectivity index is 0.00000242. The summed E-state index contributed by atoms with van der Waals surface area (Å²) in [5, 5.41) is 17.5. The van der Waals surface area contributed by atoms with Gasteiger partial charge in [0.05, 0.1) is 20.9 Å². The molecule has 0 radical (unpaired) electrons. The van der Waals surface area contributed by atoms with Crippen LogP contribution >= 0.6 is 0 Å². The van der Waals surface area contributed by atoms with Gasteiger partial charge in [-0.05, 0) is 48.5 Å². The van der Waals surface area contributed by atoms with E-state index in [2.05, 4.69) is 0 Å². The first-order valence-corrected chi connectivity index (χ1v) is 7.22. The molecule has 0 amide bonds. The van der Waals surface area contributed by atoms with Crippen molar-refractivity contribution in [2.24, 2.45) is 0 Å². The molecule has 0 aliphatic carbocycles. The number of sulfone groups is 1. The quantitative estimate of drug-likeness (QED) is 0.808. The fourth-order valence-electron chi connectivity index (χ4n) is 1.69. The van der Waals surface area contributed by atoms with Crippen molar-refractivity contribution in [2.75, 3.05) is 0 Å². The predicted octanol–water partition coefficient (Wildman–Crippen LogP) is 1.000. The molecule has 0 spiro atoms. The molecule has 6 nitrogen and oxygen atoms in total. The van der Waals surface area contributed by atoms with Crippen molar-refractivity contribution < 1.29 is 28.2 Å². The molecule has 0 saturated heterocycles. The molecule has 2 aromatic rings. The molecule has 0 unspecified atom stereocenters. The largest absolute Gasteiger partial charge is 0.478 e. The molecule has 0 aliphatic rings. The summed E-state index contributed by atoms with van der Waals surface area (Å²) in [6.45, 7) is 0. The Labute approximate surface area is 142 Å². The molecule has 0 saturated carbocycles. The zero-order valence-electron chi connectivity index (χ0n) is 10.6. The highest BCUT2D eigenvalue weighted by Gasteiger charge is 2.18. The summed E-state index contributed by atoms with van der Waals surface area (Å²) in [6, 6.07) is 9.57. The van der Waals surface area contributed by atoms with Crippen LogP contribution in [0, 0.1) is 0 Å². The Hall–Kier alpha value is -1.90. The number of hydrogen-bond acceptors (Lipinski definition) is 4. The highest BCUT2D eigenvalue weighted by Crippen LogP contribution is 2.21. The van der Waals surface area contributed by atoms with E-state index in [-0.39, 0.29) is 44.0 Å². The third kappa shape index (κ3) is 3.64. The van der Waals surface area contributed by atoms with E-state index in [0.717, 1.165) is 0 Å². The molecule has 8 heteroatoms. The van der Waals surface area contributed by atoms with Gasteiger partial charge in [0, 0.05) is 0 Å². The first-order valence-electron chi connectivity index (χ1n) is 5.74. The van der Waals surface area contributed by atoms with Crippen LogP contribution in [0.5, 0.6) is 0 Å². The first-order chi connectivity index (χ1) is 9.82.